The van der Waals surface area contributed by atoms with Crippen molar-refractivity contribution in [1.29, 1.82) is 0 Å². The summed E-state index contributed by atoms with van der Waals surface area (Å²) in [5.74, 6) is -1.62. The van der Waals surface area contributed by atoms with Gasteiger partial charge in [-0.1, -0.05) is 51.1 Å². The first-order valence-electron chi connectivity index (χ1n) is 11.3. The van der Waals surface area contributed by atoms with Crippen LogP contribution in [0.2, 0.25) is 0 Å². The second-order valence-electron chi connectivity index (χ2n) is 9.39. The fraction of sp³-hybridized carbons (Fsp3) is 0.385. The fourth-order valence-corrected chi connectivity index (χ4v) is 4.21. The molecule has 0 aliphatic heterocycles. The van der Waals surface area contributed by atoms with Crippen LogP contribution >= 0.6 is 0 Å². The number of hydrogen-bond donors (Lipinski definition) is 2. The third-order valence-electron chi connectivity index (χ3n) is 5.68. The molecular formula is C26H32F2N4O2. The first kappa shape index (κ1) is 25.5. The molecule has 1 aromatic heterocycles. The summed E-state index contributed by atoms with van der Waals surface area (Å²) in [5, 5.41) is 14.3. The second kappa shape index (κ2) is 10.9. The first-order valence-corrected chi connectivity index (χ1v) is 11.3. The van der Waals surface area contributed by atoms with Crippen molar-refractivity contribution in [2.75, 3.05) is 19.7 Å². The van der Waals surface area contributed by atoms with Crippen molar-refractivity contribution in [3.8, 4) is 5.69 Å². The van der Waals surface area contributed by atoms with E-state index in [4.69, 9.17) is 5.73 Å². The lowest BCUT2D eigenvalue weighted by atomic mass is 9.80. The van der Waals surface area contributed by atoms with Crippen LogP contribution < -0.4 is 5.73 Å². The number of nitrogens with zero attached hydrogens (tertiary/aromatic N) is 3. The van der Waals surface area contributed by atoms with Crippen molar-refractivity contribution < 1.29 is 18.7 Å². The molecule has 1 heterocycles. The van der Waals surface area contributed by atoms with Gasteiger partial charge >= 0.3 is 0 Å². The maximum atomic E-state index is 14.6. The van der Waals surface area contributed by atoms with Crippen LogP contribution in [-0.4, -0.2) is 45.4 Å². The van der Waals surface area contributed by atoms with E-state index in [0.29, 0.717) is 37.2 Å². The molecule has 8 heteroatoms. The molecule has 0 spiro atoms. The number of nitrogens with two attached hydrogens (primary N) is 1. The highest BCUT2D eigenvalue weighted by Crippen LogP contribution is 2.40. The molecule has 6 nitrogen and oxygen atoms in total. The Hall–Kier alpha value is -3.10. The Morgan fingerprint density at radius 3 is 2.50 bits per heavy atom. The van der Waals surface area contributed by atoms with Gasteiger partial charge in [0, 0.05) is 30.8 Å². The van der Waals surface area contributed by atoms with Gasteiger partial charge in [-0.3, -0.25) is 4.79 Å². The average Bonchev–Trinajstić information content (AvgIpc) is 3.19. The van der Waals surface area contributed by atoms with Gasteiger partial charge in [0.25, 0.3) is 0 Å². The van der Waals surface area contributed by atoms with Crippen LogP contribution in [0.5, 0.6) is 0 Å². The standard InChI is InChI=1S/C26H32F2N4O2/c1-26(2,3)25(31(13-7-12-29)24(34)17-33)20-16-32(23-15-19(27)10-11-21(23)28)30-22(20)14-18-8-5-4-6-9-18/h4-6,8-11,15-16,25,33H,7,12-14,17,29H2,1-3H3/t25-/m0/s1. The van der Waals surface area contributed by atoms with E-state index in [1.807, 2.05) is 51.1 Å². The van der Waals surface area contributed by atoms with Gasteiger partial charge in [-0.05, 0) is 36.1 Å². The third kappa shape index (κ3) is 5.87. The molecule has 0 aliphatic rings. The Morgan fingerprint density at radius 1 is 1.18 bits per heavy atom. The maximum absolute atomic E-state index is 14.6. The zero-order valence-corrected chi connectivity index (χ0v) is 19.8. The van der Waals surface area contributed by atoms with Gasteiger partial charge in [0.2, 0.25) is 5.91 Å². The van der Waals surface area contributed by atoms with Crippen molar-refractivity contribution in [2.45, 2.75) is 39.7 Å². The molecule has 0 saturated carbocycles. The zero-order valence-electron chi connectivity index (χ0n) is 19.8. The Labute approximate surface area is 199 Å². The molecule has 34 heavy (non-hydrogen) atoms. The fourth-order valence-electron chi connectivity index (χ4n) is 4.21. The number of carbonyl (C=O) groups excluding carboxylic acids is 1. The smallest absolute Gasteiger partial charge is 0.248 e. The van der Waals surface area contributed by atoms with E-state index >= 15 is 0 Å². The normalized spacial score (nSPS) is 12.6. The molecule has 0 aliphatic carbocycles. The molecular weight excluding hydrogens is 438 g/mol. The highest BCUT2D eigenvalue weighted by molar-refractivity contribution is 5.78. The number of rotatable bonds is 9. The highest BCUT2D eigenvalue weighted by atomic mass is 19.1. The topological polar surface area (TPSA) is 84.4 Å². The second-order valence-corrected chi connectivity index (χ2v) is 9.39. The summed E-state index contributed by atoms with van der Waals surface area (Å²) in [4.78, 5) is 14.4. The number of amides is 1. The molecule has 0 saturated heterocycles. The molecule has 3 aromatic rings. The van der Waals surface area contributed by atoms with Crippen molar-refractivity contribution in [3.63, 3.8) is 0 Å². The van der Waals surface area contributed by atoms with Crippen LogP contribution in [0, 0.1) is 17.0 Å². The SMILES string of the molecule is CC(C)(C)[C@H](c1cn(-c2cc(F)ccc2F)nc1Cc1ccccc1)N(CCCN)C(=O)CO. The molecule has 0 fully saturated rings. The monoisotopic (exact) mass is 470 g/mol. The van der Waals surface area contributed by atoms with E-state index in [-0.39, 0.29) is 5.69 Å². The summed E-state index contributed by atoms with van der Waals surface area (Å²) in [6, 6.07) is 12.4. The van der Waals surface area contributed by atoms with Crippen molar-refractivity contribution >= 4 is 5.91 Å². The van der Waals surface area contributed by atoms with Crippen LogP contribution in [0.15, 0.2) is 54.7 Å². The Bertz CT molecular complexity index is 1110. The van der Waals surface area contributed by atoms with Gasteiger partial charge in [-0.2, -0.15) is 5.10 Å². The predicted molar refractivity (Wildman–Crippen MR) is 127 cm³/mol. The average molecular weight is 471 g/mol. The van der Waals surface area contributed by atoms with Gasteiger partial charge in [-0.25, -0.2) is 13.5 Å². The van der Waals surface area contributed by atoms with Crippen LogP contribution in [0.25, 0.3) is 5.69 Å². The third-order valence-corrected chi connectivity index (χ3v) is 5.68. The predicted octanol–water partition coefficient (Wildman–Crippen LogP) is 4.00. The van der Waals surface area contributed by atoms with Gasteiger partial charge in [0.1, 0.15) is 23.9 Å². The molecule has 182 valence electrons. The zero-order chi connectivity index (χ0) is 24.9. The number of aliphatic hydroxyl groups excluding tert-OH is 1. The van der Waals surface area contributed by atoms with Crippen molar-refractivity contribution in [2.24, 2.45) is 11.1 Å². The quantitative estimate of drug-likeness (QED) is 0.495. The minimum atomic E-state index is -0.641. The van der Waals surface area contributed by atoms with E-state index in [1.165, 1.54) is 4.68 Å². The van der Waals surface area contributed by atoms with Gasteiger partial charge in [-0.15, -0.1) is 0 Å². The summed E-state index contributed by atoms with van der Waals surface area (Å²) in [6.45, 7) is 6.06. The molecule has 0 bridgehead atoms. The number of aromatic nitrogens is 2. The number of benzene rings is 2. The summed E-state index contributed by atoms with van der Waals surface area (Å²) in [5.41, 5.74) is 7.57. The largest absolute Gasteiger partial charge is 0.387 e. The summed E-state index contributed by atoms with van der Waals surface area (Å²) in [6.07, 6.45) is 2.65. The van der Waals surface area contributed by atoms with E-state index in [9.17, 15) is 18.7 Å². The molecule has 2 aromatic carbocycles. The molecule has 0 unspecified atom stereocenters. The minimum Gasteiger partial charge on any atom is -0.387 e. The molecule has 1 atom stereocenters. The lowest BCUT2D eigenvalue weighted by molar-refractivity contribution is -0.139. The van der Waals surface area contributed by atoms with E-state index in [0.717, 1.165) is 23.8 Å². The number of carbonyl (C=O) groups is 1. The van der Waals surface area contributed by atoms with E-state index < -0.39 is 35.6 Å². The lowest BCUT2D eigenvalue weighted by Crippen LogP contribution is -2.43. The van der Waals surface area contributed by atoms with Gasteiger partial charge in [0.15, 0.2) is 0 Å². The Morgan fingerprint density at radius 2 is 1.88 bits per heavy atom. The lowest BCUT2D eigenvalue weighted by Gasteiger charge is -2.40. The van der Waals surface area contributed by atoms with Crippen LogP contribution in [0.3, 0.4) is 0 Å². The summed E-state index contributed by atoms with van der Waals surface area (Å²) in [7, 11) is 0. The van der Waals surface area contributed by atoms with Crippen molar-refractivity contribution in [3.05, 3.63) is 83.2 Å². The molecule has 0 radical (unpaired) electrons. The molecule has 3 rings (SSSR count). The summed E-state index contributed by atoms with van der Waals surface area (Å²) < 4.78 is 29.9. The number of hydrogen-bond acceptors (Lipinski definition) is 4. The summed E-state index contributed by atoms with van der Waals surface area (Å²) >= 11 is 0. The van der Waals surface area contributed by atoms with Gasteiger partial charge in [0.05, 0.1) is 11.7 Å². The van der Waals surface area contributed by atoms with Crippen LogP contribution in [0.1, 0.15) is 50.1 Å². The highest BCUT2D eigenvalue weighted by Gasteiger charge is 2.37. The van der Waals surface area contributed by atoms with Crippen molar-refractivity contribution in [1.82, 2.24) is 14.7 Å². The Balaban J connectivity index is 2.20. The van der Waals surface area contributed by atoms with Crippen LogP contribution in [-0.2, 0) is 11.2 Å². The number of halogens is 2. The van der Waals surface area contributed by atoms with E-state index in [1.54, 1.807) is 11.1 Å². The first-order chi connectivity index (χ1) is 16.2. The Kier molecular flexibility index (Phi) is 8.17. The van der Waals surface area contributed by atoms with Crippen LogP contribution in [0.4, 0.5) is 8.78 Å². The van der Waals surface area contributed by atoms with E-state index in [2.05, 4.69) is 5.10 Å². The maximum Gasteiger partial charge on any atom is 0.248 e. The molecule has 3 N–H and O–H groups in total. The number of aliphatic hydroxyl groups is 1. The van der Waals surface area contributed by atoms with Gasteiger partial charge < -0.3 is 15.7 Å². The minimum absolute atomic E-state index is 0.0183. The molecule has 1 amide bonds.